The van der Waals surface area contributed by atoms with E-state index in [1.54, 1.807) is 8.61 Å². The quantitative estimate of drug-likeness (QED) is 0.736. The third kappa shape index (κ3) is 4.44. The number of hydrogen-bond donors (Lipinski definition) is 0. The Morgan fingerprint density at radius 3 is 2.24 bits per heavy atom. The molecular formula is C21H29ClN4O2S. The molecule has 0 saturated carbocycles. The van der Waals surface area contributed by atoms with Crippen molar-refractivity contribution in [3.05, 3.63) is 40.5 Å². The van der Waals surface area contributed by atoms with Crippen LogP contribution in [0, 0.1) is 6.92 Å². The summed E-state index contributed by atoms with van der Waals surface area (Å²) in [5.41, 5.74) is 2.87. The van der Waals surface area contributed by atoms with Crippen LogP contribution in [-0.4, -0.2) is 66.2 Å². The molecule has 0 bridgehead atoms. The molecule has 0 spiro atoms. The van der Waals surface area contributed by atoms with Gasteiger partial charge in [0.25, 0.3) is 10.2 Å². The normalized spacial score (nSPS) is 20.8. The van der Waals surface area contributed by atoms with Crippen LogP contribution in [0.5, 0.6) is 0 Å². The summed E-state index contributed by atoms with van der Waals surface area (Å²) in [4.78, 5) is 7.01. The second-order valence-electron chi connectivity index (χ2n) is 8.01. The van der Waals surface area contributed by atoms with E-state index in [0.717, 1.165) is 47.8 Å². The maximum absolute atomic E-state index is 13.0. The van der Waals surface area contributed by atoms with Crippen LogP contribution in [0.2, 0.25) is 5.02 Å². The monoisotopic (exact) mass is 436 g/mol. The maximum Gasteiger partial charge on any atom is 0.282 e. The van der Waals surface area contributed by atoms with Gasteiger partial charge in [0.05, 0.1) is 16.2 Å². The number of benzene rings is 1. The van der Waals surface area contributed by atoms with Crippen molar-refractivity contribution in [2.75, 3.05) is 39.3 Å². The minimum atomic E-state index is -3.35. The molecule has 0 N–H and O–H groups in total. The lowest BCUT2D eigenvalue weighted by atomic mass is 10.1. The van der Waals surface area contributed by atoms with Gasteiger partial charge in [-0.1, -0.05) is 42.6 Å². The lowest BCUT2D eigenvalue weighted by molar-refractivity contribution is 0.173. The second-order valence-corrected chi connectivity index (χ2v) is 10.3. The fourth-order valence-electron chi connectivity index (χ4n) is 4.29. The maximum atomic E-state index is 13.0. The van der Waals surface area contributed by atoms with E-state index in [9.17, 15) is 8.42 Å². The van der Waals surface area contributed by atoms with Gasteiger partial charge in [-0.15, -0.1) is 0 Å². The zero-order chi connectivity index (χ0) is 20.4. The molecule has 0 atom stereocenters. The van der Waals surface area contributed by atoms with Crippen LogP contribution in [0.3, 0.4) is 0 Å². The lowest BCUT2D eigenvalue weighted by Crippen LogP contribution is -2.53. The number of fused-ring (bicyclic) bond motifs is 1. The molecule has 158 valence electrons. The van der Waals surface area contributed by atoms with Gasteiger partial charge in [-0.25, -0.2) is 4.98 Å². The zero-order valence-corrected chi connectivity index (χ0v) is 18.6. The smallest absolute Gasteiger partial charge is 0.282 e. The van der Waals surface area contributed by atoms with E-state index in [1.165, 1.54) is 0 Å². The van der Waals surface area contributed by atoms with Crippen molar-refractivity contribution >= 4 is 32.7 Å². The first-order valence-electron chi connectivity index (χ1n) is 10.5. The standard InChI is InChI=1S/C21H29ClN4O2S/c1-17-18-8-4-5-9-19(18)23-20(21(17)22)16-24-12-14-26(15-13-24)29(27,28)25-10-6-2-3-7-11-25/h4-5,8-9H,2-3,6-7,10-16H2,1H3. The molecule has 2 aromatic rings. The highest BCUT2D eigenvalue weighted by Gasteiger charge is 2.32. The summed E-state index contributed by atoms with van der Waals surface area (Å²) >= 11 is 6.61. The summed E-state index contributed by atoms with van der Waals surface area (Å²) < 4.78 is 29.3. The van der Waals surface area contributed by atoms with Crippen molar-refractivity contribution in [2.45, 2.75) is 39.2 Å². The first-order chi connectivity index (χ1) is 14.0. The Hall–Kier alpha value is -1.25. The lowest BCUT2D eigenvalue weighted by Gasteiger charge is -2.36. The summed E-state index contributed by atoms with van der Waals surface area (Å²) in [6.07, 6.45) is 4.17. The minimum absolute atomic E-state index is 0.517. The van der Waals surface area contributed by atoms with Gasteiger partial charge in [-0.2, -0.15) is 17.0 Å². The van der Waals surface area contributed by atoms with Crippen molar-refractivity contribution in [1.82, 2.24) is 18.5 Å². The molecule has 0 unspecified atom stereocenters. The van der Waals surface area contributed by atoms with Gasteiger partial charge in [0.2, 0.25) is 0 Å². The van der Waals surface area contributed by atoms with E-state index in [-0.39, 0.29) is 0 Å². The Labute approximate surface area is 178 Å². The number of para-hydroxylation sites is 1. The second kappa shape index (κ2) is 8.86. The zero-order valence-electron chi connectivity index (χ0n) is 17.0. The summed E-state index contributed by atoms with van der Waals surface area (Å²) in [7, 11) is -3.35. The Kier molecular flexibility index (Phi) is 6.41. The Morgan fingerprint density at radius 2 is 1.55 bits per heavy atom. The number of pyridine rings is 1. The van der Waals surface area contributed by atoms with Gasteiger partial charge in [0, 0.05) is 51.2 Å². The predicted molar refractivity (Wildman–Crippen MR) is 117 cm³/mol. The van der Waals surface area contributed by atoms with Gasteiger partial charge >= 0.3 is 0 Å². The topological polar surface area (TPSA) is 56.8 Å². The van der Waals surface area contributed by atoms with Crippen LogP contribution in [0.4, 0.5) is 0 Å². The molecule has 0 radical (unpaired) electrons. The minimum Gasteiger partial charge on any atom is -0.295 e. The molecular weight excluding hydrogens is 408 g/mol. The first-order valence-corrected chi connectivity index (χ1v) is 12.3. The fraction of sp³-hybridized carbons (Fsp3) is 0.571. The van der Waals surface area contributed by atoms with Crippen LogP contribution < -0.4 is 0 Å². The Bertz CT molecular complexity index is 966. The molecule has 2 aliphatic rings. The van der Waals surface area contributed by atoms with Crippen molar-refractivity contribution in [3.8, 4) is 0 Å². The molecule has 0 amide bonds. The molecule has 0 aliphatic carbocycles. The Morgan fingerprint density at radius 1 is 0.931 bits per heavy atom. The molecule has 1 aromatic heterocycles. The SMILES string of the molecule is Cc1c(Cl)c(CN2CCN(S(=O)(=O)N3CCCCCC3)CC2)nc2ccccc12. The first kappa shape index (κ1) is 21.0. The molecule has 29 heavy (non-hydrogen) atoms. The highest BCUT2D eigenvalue weighted by atomic mass is 35.5. The van der Waals surface area contributed by atoms with E-state index in [1.807, 2.05) is 31.2 Å². The average molecular weight is 437 g/mol. The highest BCUT2D eigenvalue weighted by Crippen LogP contribution is 2.28. The van der Waals surface area contributed by atoms with Gasteiger partial charge in [0.15, 0.2) is 0 Å². The number of hydrogen-bond acceptors (Lipinski definition) is 4. The molecule has 1 aromatic carbocycles. The number of piperazine rings is 1. The van der Waals surface area contributed by atoms with E-state index >= 15 is 0 Å². The van der Waals surface area contributed by atoms with Gasteiger partial charge < -0.3 is 0 Å². The van der Waals surface area contributed by atoms with E-state index in [4.69, 9.17) is 16.6 Å². The summed E-state index contributed by atoms with van der Waals surface area (Å²) in [5, 5.41) is 1.79. The molecule has 6 nitrogen and oxygen atoms in total. The molecule has 4 rings (SSSR count). The summed E-state index contributed by atoms with van der Waals surface area (Å²) in [5.74, 6) is 0. The molecule has 2 saturated heterocycles. The largest absolute Gasteiger partial charge is 0.295 e. The number of nitrogens with zero attached hydrogens (tertiary/aromatic N) is 4. The van der Waals surface area contributed by atoms with Crippen LogP contribution in [0.1, 0.15) is 36.9 Å². The van der Waals surface area contributed by atoms with Crippen LogP contribution in [0.15, 0.2) is 24.3 Å². The highest BCUT2D eigenvalue weighted by molar-refractivity contribution is 7.86. The third-order valence-electron chi connectivity index (χ3n) is 6.07. The van der Waals surface area contributed by atoms with Crippen molar-refractivity contribution in [2.24, 2.45) is 0 Å². The van der Waals surface area contributed by atoms with E-state index in [0.29, 0.717) is 50.8 Å². The van der Waals surface area contributed by atoms with Crippen LogP contribution in [0.25, 0.3) is 10.9 Å². The fourth-order valence-corrected chi connectivity index (χ4v) is 6.16. The van der Waals surface area contributed by atoms with E-state index < -0.39 is 10.2 Å². The van der Waals surface area contributed by atoms with Crippen LogP contribution in [-0.2, 0) is 16.8 Å². The molecule has 8 heteroatoms. The van der Waals surface area contributed by atoms with Gasteiger partial charge in [-0.05, 0) is 31.4 Å². The average Bonchev–Trinajstić information content (AvgIpc) is 3.02. The molecule has 2 fully saturated rings. The van der Waals surface area contributed by atoms with Crippen LogP contribution >= 0.6 is 11.6 Å². The summed E-state index contributed by atoms with van der Waals surface area (Å²) in [6.45, 7) is 6.39. The van der Waals surface area contributed by atoms with Crippen molar-refractivity contribution in [1.29, 1.82) is 0 Å². The third-order valence-corrected chi connectivity index (χ3v) is 8.61. The predicted octanol–water partition coefficient (Wildman–Crippen LogP) is 3.44. The number of halogens is 1. The Balaban J connectivity index is 1.43. The van der Waals surface area contributed by atoms with E-state index in [2.05, 4.69) is 4.90 Å². The number of aryl methyl sites for hydroxylation is 1. The van der Waals surface area contributed by atoms with Gasteiger partial charge in [0.1, 0.15) is 0 Å². The molecule has 3 heterocycles. The van der Waals surface area contributed by atoms with Crippen molar-refractivity contribution in [3.63, 3.8) is 0 Å². The van der Waals surface area contributed by atoms with Gasteiger partial charge in [-0.3, -0.25) is 4.90 Å². The van der Waals surface area contributed by atoms with Crippen molar-refractivity contribution < 1.29 is 8.42 Å². The number of rotatable bonds is 4. The number of aromatic nitrogens is 1. The molecule has 2 aliphatic heterocycles. The summed E-state index contributed by atoms with van der Waals surface area (Å²) in [6, 6.07) is 8.03.